The summed E-state index contributed by atoms with van der Waals surface area (Å²) in [5, 5.41) is 9.05. The van der Waals surface area contributed by atoms with E-state index in [0.29, 0.717) is 18.1 Å². The zero-order valence-corrected chi connectivity index (χ0v) is 6.92. The summed E-state index contributed by atoms with van der Waals surface area (Å²) in [5.41, 5.74) is 0.653. The second-order valence-corrected chi connectivity index (χ2v) is 2.93. The molecule has 10 heavy (non-hydrogen) atoms. The molecule has 0 spiro atoms. The maximum atomic E-state index is 9.05. The summed E-state index contributed by atoms with van der Waals surface area (Å²) in [7, 11) is 0. The van der Waals surface area contributed by atoms with Crippen molar-refractivity contribution in [3.63, 3.8) is 0 Å². The predicted molar refractivity (Wildman–Crippen MR) is 41.6 cm³/mol. The van der Waals surface area contributed by atoms with Crippen molar-refractivity contribution in [2.45, 2.75) is 27.1 Å². The van der Waals surface area contributed by atoms with Gasteiger partial charge in [-0.2, -0.15) is 0 Å². The molecule has 0 aliphatic rings. The van der Waals surface area contributed by atoms with E-state index < -0.39 is 6.29 Å². The Balaban J connectivity index is 3.40. The summed E-state index contributed by atoms with van der Waals surface area (Å²) < 4.78 is 5.02. The minimum Gasteiger partial charge on any atom is -0.364 e. The molecule has 0 aromatic carbocycles. The first-order valence-electron chi connectivity index (χ1n) is 3.49. The molecule has 0 heterocycles. The Hall–Kier alpha value is -0.340. The first kappa shape index (κ1) is 9.66. The molecule has 0 aromatic heterocycles. The highest BCUT2D eigenvalue weighted by Gasteiger charge is 2.04. The summed E-state index contributed by atoms with van der Waals surface area (Å²) in [6.45, 7) is 9.94. The first-order chi connectivity index (χ1) is 4.54. The van der Waals surface area contributed by atoms with Crippen molar-refractivity contribution in [1.82, 2.24) is 0 Å². The van der Waals surface area contributed by atoms with Crippen LogP contribution in [0.25, 0.3) is 0 Å². The normalized spacial score (nSPS) is 13.7. The van der Waals surface area contributed by atoms with Crippen LogP contribution in [0.15, 0.2) is 12.2 Å². The topological polar surface area (TPSA) is 29.5 Å². The molecule has 0 amide bonds. The average Bonchev–Trinajstić information content (AvgIpc) is 1.82. The average molecular weight is 144 g/mol. The standard InChI is InChI=1S/C8H16O2/c1-6(2)5-10-8(9)7(3)4/h6,8-9H,3,5H2,1-2,4H3. The molecule has 0 radical (unpaired) electrons. The minimum absolute atomic E-state index is 0.453. The van der Waals surface area contributed by atoms with Gasteiger partial charge in [-0.3, -0.25) is 0 Å². The lowest BCUT2D eigenvalue weighted by molar-refractivity contribution is -0.0804. The van der Waals surface area contributed by atoms with Gasteiger partial charge in [0.05, 0.1) is 6.61 Å². The number of rotatable bonds is 4. The summed E-state index contributed by atoms with van der Waals surface area (Å²) in [6, 6.07) is 0. The Kier molecular flexibility index (Phi) is 4.32. The molecular weight excluding hydrogens is 128 g/mol. The Bertz CT molecular complexity index is 108. The zero-order chi connectivity index (χ0) is 8.15. The lowest BCUT2D eigenvalue weighted by Gasteiger charge is -2.12. The van der Waals surface area contributed by atoms with E-state index in [-0.39, 0.29) is 0 Å². The maximum absolute atomic E-state index is 9.05. The summed E-state index contributed by atoms with van der Waals surface area (Å²) in [4.78, 5) is 0. The summed E-state index contributed by atoms with van der Waals surface area (Å²) >= 11 is 0. The van der Waals surface area contributed by atoms with Crippen LogP contribution in [0.1, 0.15) is 20.8 Å². The van der Waals surface area contributed by atoms with Crippen LogP contribution in [0, 0.1) is 5.92 Å². The van der Waals surface area contributed by atoms with Crippen LogP contribution in [-0.2, 0) is 4.74 Å². The van der Waals surface area contributed by atoms with E-state index in [1.54, 1.807) is 6.92 Å². The van der Waals surface area contributed by atoms with E-state index in [0.717, 1.165) is 0 Å². The van der Waals surface area contributed by atoms with Gasteiger partial charge in [-0.1, -0.05) is 20.4 Å². The van der Waals surface area contributed by atoms with Crippen molar-refractivity contribution in [3.05, 3.63) is 12.2 Å². The molecule has 0 rings (SSSR count). The molecule has 1 atom stereocenters. The summed E-state index contributed by atoms with van der Waals surface area (Å²) in [6.07, 6.45) is -0.789. The first-order valence-corrected chi connectivity index (χ1v) is 3.49. The van der Waals surface area contributed by atoms with Crippen LogP contribution >= 0.6 is 0 Å². The number of hydrogen-bond donors (Lipinski definition) is 1. The lowest BCUT2D eigenvalue weighted by Crippen LogP contribution is -2.15. The Morgan fingerprint density at radius 3 is 2.40 bits per heavy atom. The van der Waals surface area contributed by atoms with Crippen molar-refractivity contribution in [2.24, 2.45) is 5.92 Å². The third kappa shape index (κ3) is 4.53. The van der Waals surface area contributed by atoms with Crippen molar-refractivity contribution >= 4 is 0 Å². The molecule has 0 bridgehead atoms. The number of aliphatic hydroxyl groups is 1. The molecule has 60 valence electrons. The van der Waals surface area contributed by atoms with Crippen molar-refractivity contribution in [1.29, 1.82) is 0 Å². The molecule has 0 saturated carbocycles. The van der Waals surface area contributed by atoms with Crippen LogP contribution in [0.3, 0.4) is 0 Å². The second-order valence-electron chi connectivity index (χ2n) is 2.93. The number of hydrogen-bond acceptors (Lipinski definition) is 2. The molecule has 0 saturated heterocycles. The molecule has 2 heteroatoms. The number of ether oxygens (including phenoxy) is 1. The van der Waals surface area contributed by atoms with Crippen LogP contribution in [0.5, 0.6) is 0 Å². The SMILES string of the molecule is C=C(C)C(O)OCC(C)C. The van der Waals surface area contributed by atoms with E-state index in [4.69, 9.17) is 9.84 Å². The second kappa shape index (κ2) is 4.47. The van der Waals surface area contributed by atoms with Crippen LogP contribution in [0.4, 0.5) is 0 Å². The molecule has 0 fully saturated rings. The number of aliphatic hydroxyl groups excluding tert-OH is 1. The van der Waals surface area contributed by atoms with Crippen LogP contribution in [-0.4, -0.2) is 18.0 Å². The van der Waals surface area contributed by atoms with Crippen LogP contribution < -0.4 is 0 Å². The van der Waals surface area contributed by atoms with Crippen molar-refractivity contribution < 1.29 is 9.84 Å². The molecule has 0 aromatic rings. The van der Waals surface area contributed by atoms with Crippen LogP contribution in [0.2, 0.25) is 0 Å². The van der Waals surface area contributed by atoms with E-state index in [2.05, 4.69) is 6.58 Å². The molecule has 0 aliphatic heterocycles. The fourth-order valence-electron chi connectivity index (χ4n) is 0.426. The van der Waals surface area contributed by atoms with E-state index in [1.807, 2.05) is 13.8 Å². The van der Waals surface area contributed by atoms with Gasteiger partial charge < -0.3 is 9.84 Å². The van der Waals surface area contributed by atoms with Gasteiger partial charge in [0.1, 0.15) is 0 Å². The fourth-order valence-corrected chi connectivity index (χ4v) is 0.426. The molecule has 1 unspecified atom stereocenters. The smallest absolute Gasteiger partial charge is 0.176 e. The Morgan fingerprint density at radius 1 is 1.60 bits per heavy atom. The molecule has 2 nitrogen and oxygen atoms in total. The van der Waals surface area contributed by atoms with Gasteiger partial charge in [0, 0.05) is 0 Å². The van der Waals surface area contributed by atoms with Gasteiger partial charge in [-0.25, -0.2) is 0 Å². The van der Waals surface area contributed by atoms with E-state index in [1.165, 1.54) is 0 Å². The van der Waals surface area contributed by atoms with Crippen molar-refractivity contribution in [2.75, 3.05) is 6.61 Å². The Labute approximate surface area is 62.5 Å². The van der Waals surface area contributed by atoms with Gasteiger partial charge >= 0.3 is 0 Å². The predicted octanol–water partition coefficient (Wildman–Crippen LogP) is 1.55. The van der Waals surface area contributed by atoms with Gasteiger partial charge in [-0.05, 0) is 18.4 Å². The highest BCUT2D eigenvalue weighted by Crippen LogP contribution is 2.02. The molecule has 0 aliphatic carbocycles. The van der Waals surface area contributed by atoms with Gasteiger partial charge in [0.15, 0.2) is 6.29 Å². The molecular formula is C8H16O2. The Morgan fingerprint density at radius 2 is 2.10 bits per heavy atom. The monoisotopic (exact) mass is 144 g/mol. The fraction of sp³-hybridized carbons (Fsp3) is 0.750. The van der Waals surface area contributed by atoms with Crippen molar-refractivity contribution in [3.8, 4) is 0 Å². The third-order valence-electron chi connectivity index (χ3n) is 1.01. The van der Waals surface area contributed by atoms with E-state index in [9.17, 15) is 0 Å². The van der Waals surface area contributed by atoms with Gasteiger partial charge in [0.25, 0.3) is 0 Å². The highest BCUT2D eigenvalue weighted by molar-refractivity contribution is 4.91. The third-order valence-corrected chi connectivity index (χ3v) is 1.01. The summed E-state index contributed by atoms with van der Waals surface area (Å²) in [5.74, 6) is 0.453. The maximum Gasteiger partial charge on any atom is 0.176 e. The highest BCUT2D eigenvalue weighted by atomic mass is 16.6. The minimum atomic E-state index is -0.789. The van der Waals surface area contributed by atoms with E-state index >= 15 is 0 Å². The van der Waals surface area contributed by atoms with Gasteiger partial charge in [-0.15, -0.1) is 0 Å². The van der Waals surface area contributed by atoms with Gasteiger partial charge in [0.2, 0.25) is 0 Å². The largest absolute Gasteiger partial charge is 0.364 e. The quantitative estimate of drug-likeness (QED) is 0.479. The zero-order valence-electron chi connectivity index (χ0n) is 6.92. The lowest BCUT2D eigenvalue weighted by atomic mass is 10.2. The molecule has 1 N–H and O–H groups in total.